The predicted octanol–water partition coefficient (Wildman–Crippen LogP) is 1.93. The zero-order chi connectivity index (χ0) is 18.7. The van der Waals surface area contributed by atoms with E-state index in [2.05, 4.69) is 8.37 Å². The van der Waals surface area contributed by atoms with Gasteiger partial charge in [-0.15, -0.1) is 0 Å². The average molecular weight is 388 g/mol. The van der Waals surface area contributed by atoms with Crippen molar-refractivity contribution in [1.29, 1.82) is 0 Å². The van der Waals surface area contributed by atoms with Gasteiger partial charge in [0.1, 0.15) is 17.2 Å². The van der Waals surface area contributed by atoms with Crippen molar-refractivity contribution < 1.29 is 39.4 Å². The lowest BCUT2D eigenvalue weighted by Gasteiger charge is -2.04. The molecular formula is C14H12O9S2. The molecule has 3 N–H and O–H groups in total. The molecule has 0 amide bonds. The maximum Gasteiger partial charge on any atom is 0.446 e. The van der Waals surface area contributed by atoms with E-state index in [1.165, 1.54) is 42.5 Å². The van der Waals surface area contributed by atoms with Gasteiger partial charge in [-0.25, -0.2) is 0 Å². The van der Waals surface area contributed by atoms with Gasteiger partial charge in [-0.1, -0.05) is 24.3 Å². The number of benzene rings is 2. The van der Waals surface area contributed by atoms with Crippen LogP contribution in [-0.4, -0.2) is 31.0 Å². The third-order valence-electron chi connectivity index (χ3n) is 2.67. The molecule has 0 atom stereocenters. The SMILES string of the molecule is O=S(=O)(O)Oc1ccc(/C=C/c2cc(O)cc(OS(=O)(=O)O)c2)cc1. The van der Waals surface area contributed by atoms with Crippen LogP contribution < -0.4 is 8.37 Å². The molecular weight excluding hydrogens is 376 g/mol. The molecule has 0 saturated heterocycles. The van der Waals surface area contributed by atoms with Crippen LogP contribution in [0.2, 0.25) is 0 Å². The zero-order valence-electron chi connectivity index (χ0n) is 12.3. The number of hydrogen-bond acceptors (Lipinski definition) is 7. The van der Waals surface area contributed by atoms with E-state index < -0.39 is 20.8 Å². The molecule has 0 bridgehead atoms. The highest BCUT2D eigenvalue weighted by molar-refractivity contribution is 7.81. The Morgan fingerprint density at radius 1 is 0.720 bits per heavy atom. The van der Waals surface area contributed by atoms with Crippen LogP contribution in [0.15, 0.2) is 42.5 Å². The molecule has 0 heterocycles. The summed E-state index contributed by atoms with van der Waals surface area (Å²) in [4.78, 5) is 0. The Kier molecular flexibility index (Phi) is 5.33. The van der Waals surface area contributed by atoms with E-state index >= 15 is 0 Å². The lowest BCUT2D eigenvalue weighted by molar-refractivity contribution is 0.383. The van der Waals surface area contributed by atoms with Crippen molar-refractivity contribution in [1.82, 2.24) is 0 Å². The minimum atomic E-state index is -4.72. The number of phenolic OH excluding ortho intramolecular Hbond substituents is 1. The Morgan fingerprint density at radius 2 is 1.24 bits per heavy atom. The molecule has 2 rings (SSSR count). The van der Waals surface area contributed by atoms with Gasteiger partial charge < -0.3 is 13.5 Å². The molecule has 0 aromatic heterocycles. The fourth-order valence-corrected chi connectivity index (χ4v) is 2.51. The van der Waals surface area contributed by atoms with Crippen molar-refractivity contribution in [2.75, 3.05) is 0 Å². The van der Waals surface area contributed by atoms with Crippen LogP contribution in [0.4, 0.5) is 0 Å². The fraction of sp³-hybridized carbons (Fsp3) is 0. The summed E-state index contributed by atoms with van der Waals surface area (Å²) in [6.45, 7) is 0. The summed E-state index contributed by atoms with van der Waals surface area (Å²) >= 11 is 0. The Morgan fingerprint density at radius 3 is 1.80 bits per heavy atom. The average Bonchev–Trinajstić information content (AvgIpc) is 2.42. The molecule has 0 aliphatic carbocycles. The largest absolute Gasteiger partial charge is 0.508 e. The quantitative estimate of drug-likeness (QED) is 0.498. The maximum absolute atomic E-state index is 10.7. The van der Waals surface area contributed by atoms with Crippen molar-refractivity contribution >= 4 is 33.0 Å². The molecule has 9 nitrogen and oxygen atoms in total. The summed E-state index contributed by atoms with van der Waals surface area (Å²) in [5.41, 5.74) is 0.986. The van der Waals surface area contributed by atoms with Gasteiger partial charge in [0.2, 0.25) is 0 Å². The summed E-state index contributed by atoms with van der Waals surface area (Å²) < 4.78 is 68.3. The standard InChI is InChI=1S/C14H12O9S2/c15-12-7-11(8-14(9-12)23-25(19,20)21)2-1-10-3-5-13(6-4-10)22-24(16,17)18/h1-9,15H,(H,16,17,18)(H,19,20,21)/b2-1+. The van der Waals surface area contributed by atoms with Crippen LogP contribution in [-0.2, 0) is 20.8 Å². The number of aromatic hydroxyl groups is 1. The van der Waals surface area contributed by atoms with E-state index in [4.69, 9.17) is 9.11 Å². The van der Waals surface area contributed by atoms with Crippen LogP contribution in [0, 0.1) is 0 Å². The van der Waals surface area contributed by atoms with Gasteiger partial charge in [-0.2, -0.15) is 16.8 Å². The van der Waals surface area contributed by atoms with Crippen LogP contribution in [0.5, 0.6) is 17.2 Å². The molecule has 0 radical (unpaired) electrons. The van der Waals surface area contributed by atoms with Crippen molar-refractivity contribution in [2.24, 2.45) is 0 Å². The first-order valence-corrected chi connectivity index (χ1v) is 9.19. The summed E-state index contributed by atoms with van der Waals surface area (Å²) in [6, 6.07) is 9.20. The second-order valence-corrected chi connectivity index (χ2v) is 6.73. The second kappa shape index (κ2) is 7.11. The van der Waals surface area contributed by atoms with E-state index in [0.717, 1.165) is 6.07 Å². The van der Waals surface area contributed by atoms with E-state index in [0.29, 0.717) is 11.1 Å². The molecule has 2 aromatic carbocycles. The van der Waals surface area contributed by atoms with E-state index in [1.807, 2.05) is 0 Å². The van der Waals surface area contributed by atoms with Gasteiger partial charge in [-0.3, -0.25) is 9.11 Å². The molecule has 0 aliphatic heterocycles. The third-order valence-corrected chi connectivity index (χ3v) is 3.47. The van der Waals surface area contributed by atoms with Crippen molar-refractivity contribution in [3.63, 3.8) is 0 Å². The molecule has 25 heavy (non-hydrogen) atoms. The predicted molar refractivity (Wildman–Crippen MR) is 87.8 cm³/mol. The van der Waals surface area contributed by atoms with E-state index in [1.54, 1.807) is 6.08 Å². The molecule has 0 fully saturated rings. The molecule has 11 heteroatoms. The van der Waals surface area contributed by atoms with Gasteiger partial charge in [0, 0.05) is 6.07 Å². The smallest absolute Gasteiger partial charge is 0.446 e. The topological polar surface area (TPSA) is 147 Å². The van der Waals surface area contributed by atoms with Crippen LogP contribution in [0.1, 0.15) is 11.1 Å². The second-order valence-electron chi connectivity index (χ2n) is 4.68. The van der Waals surface area contributed by atoms with Crippen molar-refractivity contribution in [3.05, 3.63) is 53.6 Å². The van der Waals surface area contributed by atoms with Gasteiger partial charge >= 0.3 is 20.8 Å². The molecule has 0 unspecified atom stereocenters. The Balaban J connectivity index is 2.18. The fourth-order valence-electron chi connectivity index (χ4n) is 1.82. The molecule has 0 saturated carbocycles. The lowest BCUT2D eigenvalue weighted by Crippen LogP contribution is -2.06. The van der Waals surface area contributed by atoms with Crippen molar-refractivity contribution in [3.8, 4) is 17.2 Å². The summed E-state index contributed by atoms with van der Waals surface area (Å²) in [5.74, 6) is -0.641. The number of phenols is 1. The van der Waals surface area contributed by atoms with Gasteiger partial charge in [-0.05, 0) is 35.4 Å². The first kappa shape index (κ1) is 18.7. The number of rotatable bonds is 6. The third kappa shape index (κ3) is 6.81. The molecule has 0 spiro atoms. The van der Waals surface area contributed by atoms with E-state index in [-0.39, 0.29) is 17.2 Å². The van der Waals surface area contributed by atoms with Crippen LogP contribution in [0.3, 0.4) is 0 Å². The Hall–Kier alpha value is -2.60. The Labute approximate surface area is 143 Å². The Bertz CT molecular complexity index is 991. The molecule has 2 aromatic rings. The molecule has 0 aliphatic rings. The molecule has 134 valence electrons. The minimum Gasteiger partial charge on any atom is -0.508 e. The monoisotopic (exact) mass is 388 g/mol. The minimum absolute atomic E-state index is 0.0826. The van der Waals surface area contributed by atoms with E-state index in [9.17, 15) is 21.9 Å². The maximum atomic E-state index is 10.7. The van der Waals surface area contributed by atoms with Crippen LogP contribution in [0.25, 0.3) is 12.2 Å². The van der Waals surface area contributed by atoms with Crippen LogP contribution >= 0.6 is 0 Å². The highest BCUT2D eigenvalue weighted by Crippen LogP contribution is 2.24. The summed E-state index contributed by atoms with van der Waals surface area (Å²) in [7, 11) is -9.32. The normalized spacial score (nSPS) is 12.2. The first-order chi connectivity index (χ1) is 11.5. The summed E-state index contributed by atoms with van der Waals surface area (Å²) in [6.07, 6.45) is 3.08. The highest BCUT2D eigenvalue weighted by Gasteiger charge is 2.09. The lowest BCUT2D eigenvalue weighted by atomic mass is 10.1. The zero-order valence-corrected chi connectivity index (χ0v) is 13.9. The van der Waals surface area contributed by atoms with Crippen molar-refractivity contribution in [2.45, 2.75) is 0 Å². The van der Waals surface area contributed by atoms with Gasteiger partial charge in [0.05, 0.1) is 0 Å². The summed E-state index contributed by atoms with van der Waals surface area (Å²) in [5, 5.41) is 9.55. The first-order valence-electron chi connectivity index (χ1n) is 6.46. The number of hydrogen-bond donors (Lipinski definition) is 3. The van der Waals surface area contributed by atoms with Gasteiger partial charge in [0.25, 0.3) is 0 Å². The highest BCUT2D eigenvalue weighted by atomic mass is 32.3. The van der Waals surface area contributed by atoms with Gasteiger partial charge in [0.15, 0.2) is 0 Å².